The minimum atomic E-state index is 0.184. The van der Waals surface area contributed by atoms with Gasteiger partial charge in [-0.2, -0.15) is 0 Å². The zero-order valence-electron chi connectivity index (χ0n) is 9.84. The Morgan fingerprint density at radius 3 is 2.73 bits per heavy atom. The fourth-order valence-corrected chi connectivity index (χ4v) is 3.01. The van der Waals surface area contributed by atoms with Gasteiger partial charge >= 0.3 is 0 Å². The number of piperidine rings is 1. The quantitative estimate of drug-likeness (QED) is 0.792. The van der Waals surface area contributed by atoms with Gasteiger partial charge in [-0.25, -0.2) is 4.98 Å². The molecule has 3 heteroatoms. The number of hydrogen-bond acceptors (Lipinski definition) is 3. The summed E-state index contributed by atoms with van der Waals surface area (Å²) in [5, 5.41) is 7.04. The summed E-state index contributed by atoms with van der Waals surface area (Å²) in [4.78, 5) is 4.76. The largest absolute Gasteiger partial charge is 0.308 e. The van der Waals surface area contributed by atoms with Gasteiger partial charge in [-0.05, 0) is 19.4 Å². The Morgan fingerprint density at radius 2 is 2.20 bits per heavy atom. The first-order valence-electron chi connectivity index (χ1n) is 5.76. The number of rotatable bonds is 1. The Labute approximate surface area is 96.1 Å². The Morgan fingerprint density at radius 1 is 1.40 bits per heavy atom. The van der Waals surface area contributed by atoms with Gasteiger partial charge in [-0.3, -0.25) is 0 Å². The second-order valence-corrected chi connectivity index (χ2v) is 6.21. The van der Waals surface area contributed by atoms with Crippen LogP contribution in [0, 0.1) is 0 Å². The molecule has 2 rings (SSSR count). The highest BCUT2D eigenvalue weighted by molar-refractivity contribution is 7.09. The lowest BCUT2D eigenvalue weighted by molar-refractivity contribution is 0.409. The van der Waals surface area contributed by atoms with Crippen molar-refractivity contribution in [2.45, 2.75) is 51.5 Å². The average molecular weight is 224 g/mol. The molecule has 84 valence electrons. The van der Waals surface area contributed by atoms with E-state index in [2.05, 4.69) is 31.5 Å². The zero-order valence-corrected chi connectivity index (χ0v) is 10.7. The van der Waals surface area contributed by atoms with Crippen molar-refractivity contribution < 1.29 is 0 Å². The number of nitrogens with one attached hydrogen (secondary N) is 1. The van der Waals surface area contributed by atoms with Gasteiger partial charge in [0, 0.05) is 10.8 Å². The summed E-state index contributed by atoms with van der Waals surface area (Å²) in [6, 6.07) is 0.514. The molecular formula is C12H20N2S. The van der Waals surface area contributed by atoms with Crippen molar-refractivity contribution in [3.8, 4) is 0 Å². The van der Waals surface area contributed by atoms with Crippen molar-refractivity contribution in [2.24, 2.45) is 0 Å². The molecule has 0 radical (unpaired) electrons. The van der Waals surface area contributed by atoms with Crippen molar-refractivity contribution in [3.63, 3.8) is 0 Å². The van der Waals surface area contributed by atoms with Crippen LogP contribution in [0.25, 0.3) is 0 Å². The number of nitrogens with zero attached hydrogens (tertiary/aromatic N) is 1. The molecule has 1 aromatic rings. The monoisotopic (exact) mass is 224 g/mol. The average Bonchev–Trinajstić information content (AvgIpc) is 2.67. The van der Waals surface area contributed by atoms with E-state index >= 15 is 0 Å². The molecule has 0 bridgehead atoms. The van der Waals surface area contributed by atoms with E-state index < -0.39 is 0 Å². The normalized spacial score (nSPS) is 23.0. The van der Waals surface area contributed by atoms with E-state index in [1.165, 1.54) is 30.0 Å². The fraction of sp³-hybridized carbons (Fsp3) is 0.750. The highest BCUT2D eigenvalue weighted by Crippen LogP contribution is 2.30. The van der Waals surface area contributed by atoms with E-state index in [9.17, 15) is 0 Å². The van der Waals surface area contributed by atoms with E-state index in [-0.39, 0.29) is 5.41 Å². The summed E-state index contributed by atoms with van der Waals surface area (Å²) in [7, 11) is 0. The Balaban J connectivity index is 2.12. The molecular weight excluding hydrogens is 204 g/mol. The van der Waals surface area contributed by atoms with Crippen molar-refractivity contribution >= 4 is 11.3 Å². The molecule has 0 aliphatic carbocycles. The maximum absolute atomic E-state index is 4.76. The third-order valence-corrected chi connectivity index (χ3v) is 3.86. The summed E-state index contributed by atoms with van der Waals surface area (Å²) >= 11 is 1.81. The smallest absolute Gasteiger partial charge is 0.110 e. The van der Waals surface area contributed by atoms with Crippen molar-refractivity contribution in [3.05, 3.63) is 16.1 Å². The number of hydrogen-bond donors (Lipinski definition) is 1. The topological polar surface area (TPSA) is 24.9 Å². The first-order valence-corrected chi connectivity index (χ1v) is 6.64. The third kappa shape index (κ3) is 2.58. The lowest BCUT2D eigenvalue weighted by atomic mass is 9.93. The summed E-state index contributed by atoms with van der Waals surface area (Å²) in [5.41, 5.74) is 1.42. The van der Waals surface area contributed by atoms with Crippen LogP contribution in [-0.2, 0) is 5.41 Å². The second-order valence-electron chi connectivity index (χ2n) is 5.32. The molecule has 1 aromatic heterocycles. The SMILES string of the molecule is CC(C)(C)c1csc([C@H]2CCCCN2)n1. The minimum absolute atomic E-state index is 0.184. The first kappa shape index (κ1) is 11.1. The number of aromatic nitrogens is 1. The Bertz CT molecular complexity index is 319. The second kappa shape index (κ2) is 4.22. The van der Waals surface area contributed by atoms with Gasteiger partial charge in [0.25, 0.3) is 0 Å². The van der Waals surface area contributed by atoms with Crippen LogP contribution in [0.15, 0.2) is 5.38 Å². The van der Waals surface area contributed by atoms with Crippen molar-refractivity contribution in [1.82, 2.24) is 10.3 Å². The fourth-order valence-electron chi connectivity index (χ4n) is 1.85. The molecule has 1 N–H and O–H groups in total. The van der Waals surface area contributed by atoms with Gasteiger partial charge in [0.1, 0.15) is 5.01 Å². The Kier molecular flexibility index (Phi) is 3.12. The summed E-state index contributed by atoms with van der Waals surface area (Å²) in [5.74, 6) is 0. The molecule has 15 heavy (non-hydrogen) atoms. The van der Waals surface area contributed by atoms with Gasteiger partial charge < -0.3 is 5.32 Å². The van der Waals surface area contributed by atoms with Crippen LogP contribution < -0.4 is 5.32 Å². The predicted octanol–water partition coefficient (Wildman–Crippen LogP) is 3.26. The first-order chi connectivity index (χ1) is 7.07. The molecule has 2 nitrogen and oxygen atoms in total. The van der Waals surface area contributed by atoms with Crippen molar-refractivity contribution in [2.75, 3.05) is 6.54 Å². The van der Waals surface area contributed by atoms with Crippen LogP contribution in [0.3, 0.4) is 0 Å². The lowest BCUT2D eigenvalue weighted by Gasteiger charge is -2.21. The van der Waals surface area contributed by atoms with Crippen LogP contribution in [0.5, 0.6) is 0 Å². The van der Waals surface area contributed by atoms with E-state index in [1.807, 2.05) is 11.3 Å². The van der Waals surface area contributed by atoms with Gasteiger partial charge in [0.05, 0.1) is 11.7 Å². The maximum atomic E-state index is 4.76. The highest BCUT2D eigenvalue weighted by Gasteiger charge is 2.22. The molecule has 0 spiro atoms. The third-order valence-electron chi connectivity index (χ3n) is 2.90. The molecule has 0 aromatic carbocycles. The lowest BCUT2D eigenvalue weighted by Crippen LogP contribution is -2.26. The molecule has 1 aliphatic heterocycles. The molecule has 1 atom stereocenters. The molecule has 0 saturated carbocycles. The molecule has 0 amide bonds. The Hall–Kier alpha value is -0.410. The highest BCUT2D eigenvalue weighted by atomic mass is 32.1. The molecule has 1 fully saturated rings. The van der Waals surface area contributed by atoms with Crippen LogP contribution in [0.4, 0.5) is 0 Å². The number of thiazole rings is 1. The minimum Gasteiger partial charge on any atom is -0.308 e. The molecule has 2 heterocycles. The zero-order chi connectivity index (χ0) is 10.9. The molecule has 1 saturated heterocycles. The van der Waals surface area contributed by atoms with E-state index in [0.29, 0.717) is 6.04 Å². The van der Waals surface area contributed by atoms with Crippen LogP contribution in [-0.4, -0.2) is 11.5 Å². The maximum Gasteiger partial charge on any atom is 0.110 e. The summed E-state index contributed by atoms with van der Waals surface area (Å²) in [6.07, 6.45) is 3.90. The van der Waals surface area contributed by atoms with Crippen LogP contribution >= 0.6 is 11.3 Å². The van der Waals surface area contributed by atoms with Crippen molar-refractivity contribution in [1.29, 1.82) is 0 Å². The van der Waals surface area contributed by atoms with Gasteiger partial charge in [-0.15, -0.1) is 11.3 Å². The summed E-state index contributed by atoms with van der Waals surface area (Å²) in [6.45, 7) is 7.81. The van der Waals surface area contributed by atoms with E-state index in [0.717, 1.165) is 6.54 Å². The van der Waals surface area contributed by atoms with Gasteiger partial charge in [0.2, 0.25) is 0 Å². The van der Waals surface area contributed by atoms with Gasteiger partial charge in [-0.1, -0.05) is 27.2 Å². The van der Waals surface area contributed by atoms with E-state index in [1.54, 1.807) is 0 Å². The van der Waals surface area contributed by atoms with Gasteiger partial charge in [0.15, 0.2) is 0 Å². The summed E-state index contributed by atoms with van der Waals surface area (Å²) < 4.78 is 0. The van der Waals surface area contributed by atoms with Crippen LogP contribution in [0.2, 0.25) is 0 Å². The van der Waals surface area contributed by atoms with Crippen LogP contribution in [0.1, 0.15) is 56.8 Å². The molecule has 0 unspecified atom stereocenters. The van der Waals surface area contributed by atoms with E-state index in [4.69, 9.17) is 4.98 Å². The molecule has 1 aliphatic rings. The predicted molar refractivity (Wildman–Crippen MR) is 65.4 cm³/mol. The standard InChI is InChI=1S/C12H20N2S/c1-12(2,3)10-8-15-11(14-10)9-6-4-5-7-13-9/h8-9,13H,4-7H2,1-3H3/t9-/m1/s1.